The van der Waals surface area contributed by atoms with Crippen molar-refractivity contribution in [2.45, 2.75) is 356 Å². The molecule has 17 nitrogen and oxygen atoms in total. The van der Waals surface area contributed by atoms with Gasteiger partial charge in [-0.1, -0.05) is 287 Å². The molecule has 0 aromatic rings. The van der Waals surface area contributed by atoms with E-state index >= 15 is 0 Å². The number of phosphoric ester groups is 2. The van der Waals surface area contributed by atoms with Crippen LogP contribution in [0.3, 0.4) is 0 Å². The Bertz CT molecular complexity index is 1750. The van der Waals surface area contributed by atoms with Crippen LogP contribution in [0.2, 0.25) is 0 Å². The maximum Gasteiger partial charge on any atom is 0.472 e. The minimum Gasteiger partial charge on any atom is -0.462 e. The number of hydrogen-bond donors (Lipinski definition) is 3. The number of hydrogen-bond acceptors (Lipinski definition) is 15. The van der Waals surface area contributed by atoms with Crippen molar-refractivity contribution in [2.24, 2.45) is 23.7 Å². The van der Waals surface area contributed by atoms with Gasteiger partial charge in [-0.3, -0.25) is 37.3 Å². The highest BCUT2D eigenvalue weighted by Gasteiger charge is 2.30. The minimum atomic E-state index is -4.95. The second-order valence-corrected chi connectivity index (χ2v) is 29.5. The Morgan fingerprint density at radius 3 is 0.807 bits per heavy atom. The monoisotopic (exact) mass is 1300 g/mol. The molecule has 0 bridgehead atoms. The maximum absolute atomic E-state index is 13.0. The van der Waals surface area contributed by atoms with Crippen LogP contribution in [-0.2, 0) is 65.4 Å². The van der Waals surface area contributed by atoms with Crippen LogP contribution in [0.15, 0.2) is 0 Å². The molecule has 0 aliphatic rings. The van der Waals surface area contributed by atoms with Crippen molar-refractivity contribution in [3.05, 3.63) is 0 Å². The van der Waals surface area contributed by atoms with Crippen LogP contribution in [0.1, 0.15) is 338 Å². The average Bonchev–Trinajstić information content (AvgIpc) is 3.67. The van der Waals surface area contributed by atoms with E-state index in [1.165, 1.54) is 135 Å². The summed E-state index contributed by atoms with van der Waals surface area (Å²) in [5.74, 6) is 0.836. The fourth-order valence-electron chi connectivity index (χ4n) is 10.3. The van der Waals surface area contributed by atoms with Gasteiger partial charge in [0.15, 0.2) is 12.2 Å². The number of carbonyl (C=O) groups is 4. The molecule has 0 radical (unpaired) electrons. The van der Waals surface area contributed by atoms with E-state index in [9.17, 15) is 43.2 Å². The van der Waals surface area contributed by atoms with E-state index in [0.717, 1.165) is 114 Å². The SMILES string of the molecule is CCC(C)CCCCCCCCCCC(=O)O[C@H](COC(=O)CCCCCCCCC(C)C)COP(=O)(O)OC[C@H](O)COP(=O)(O)OC[C@@H](COC(=O)CCCCCCCCCCCC(C)C)OC(=O)CCCCCCCCCCCCCCC(C)C. The van der Waals surface area contributed by atoms with Crippen molar-refractivity contribution in [1.82, 2.24) is 0 Å². The first-order valence-electron chi connectivity index (χ1n) is 35.7. The van der Waals surface area contributed by atoms with Crippen molar-refractivity contribution in [3.63, 3.8) is 0 Å². The largest absolute Gasteiger partial charge is 0.472 e. The highest BCUT2D eigenvalue weighted by molar-refractivity contribution is 7.47. The molecule has 0 aliphatic heterocycles. The lowest BCUT2D eigenvalue weighted by molar-refractivity contribution is -0.161. The molecule has 522 valence electrons. The van der Waals surface area contributed by atoms with E-state index in [0.29, 0.717) is 31.6 Å². The maximum atomic E-state index is 13.0. The van der Waals surface area contributed by atoms with Crippen LogP contribution >= 0.6 is 15.6 Å². The highest BCUT2D eigenvalue weighted by atomic mass is 31.2. The Balaban J connectivity index is 5.26. The van der Waals surface area contributed by atoms with E-state index in [1.54, 1.807) is 0 Å². The van der Waals surface area contributed by atoms with Crippen LogP contribution < -0.4 is 0 Å². The minimum absolute atomic E-state index is 0.103. The molecule has 0 amide bonds. The van der Waals surface area contributed by atoms with Crippen LogP contribution in [0.25, 0.3) is 0 Å². The standard InChI is InChI=1S/C69H134O17P2/c1-9-62(8)48-40-32-23-19-20-26-36-44-52-69(74)86-65(56-80-67(72)50-42-34-28-27-31-39-47-61(6)7)58-84-88(77,78)82-54-63(70)53-81-87(75,76)83-57-64(55-79-66(71)49-41-33-24-18-14-16-22-30-38-46-60(4)5)85-68(73)51-43-35-25-17-13-11-10-12-15-21-29-37-45-59(2)3/h59-65,70H,9-58H2,1-8H3,(H,75,76)(H,77,78)/t62?,63-,64-,65-/m1/s1. The predicted octanol–water partition coefficient (Wildman–Crippen LogP) is 19.3. The first kappa shape index (κ1) is 86.1. The molecule has 0 rings (SSSR count). The van der Waals surface area contributed by atoms with Gasteiger partial charge in [0, 0.05) is 25.7 Å². The first-order valence-corrected chi connectivity index (χ1v) is 38.7. The van der Waals surface area contributed by atoms with Gasteiger partial charge in [-0.15, -0.1) is 0 Å². The molecule has 0 heterocycles. The molecule has 0 spiro atoms. The predicted molar refractivity (Wildman–Crippen MR) is 354 cm³/mol. The molecule has 88 heavy (non-hydrogen) atoms. The third-order valence-corrected chi connectivity index (χ3v) is 18.1. The Hall–Kier alpha value is -1.94. The number of phosphoric acid groups is 2. The van der Waals surface area contributed by atoms with E-state index in [1.807, 2.05) is 0 Å². The zero-order valence-corrected chi connectivity index (χ0v) is 59.1. The summed E-state index contributed by atoms with van der Waals surface area (Å²) < 4.78 is 68.2. The molecule has 19 heteroatoms. The summed E-state index contributed by atoms with van der Waals surface area (Å²) in [5.41, 5.74) is 0. The second kappa shape index (κ2) is 58.8. The normalized spacial score (nSPS) is 14.6. The van der Waals surface area contributed by atoms with E-state index in [2.05, 4.69) is 55.4 Å². The third kappa shape index (κ3) is 61.6. The highest BCUT2D eigenvalue weighted by Crippen LogP contribution is 2.45. The van der Waals surface area contributed by atoms with Crippen molar-refractivity contribution >= 4 is 39.5 Å². The van der Waals surface area contributed by atoms with Gasteiger partial charge in [0.05, 0.1) is 26.4 Å². The quantitative estimate of drug-likeness (QED) is 0.0222. The lowest BCUT2D eigenvalue weighted by atomic mass is 9.99. The van der Waals surface area contributed by atoms with Crippen LogP contribution in [0.5, 0.6) is 0 Å². The van der Waals surface area contributed by atoms with Crippen molar-refractivity contribution < 1.29 is 80.2 Å². The second-order valence-electron chi connectivity index (χ2n) is 26.6. The summed E-state index contributed by atoms with van der Waals surface area (Å²) in [4.78, 5) is 72.5. The number of carbonyl (C=O) groups excluding carboxylic acids is 4. The van der Waals surface area contributed by atoms with Gasteiger partial charge < -0.3 is 33.8 Å². The van der Waals surface area contributed by atoms with Crippen molar-refractivity contribution in [2.75, 3.05) is 39.6 Å². The Labute approximate surface area is 537 Å². The van der Waals surface area contributed by atoms with Crippen molar-refractivity contribution in [1.29, 1.82) is 0 Å². The van der Waals surface area contributed by atoms with Gasteiger partial charge >= 0.3 is 39.5 Å². The fourth-order valence-corrected chi connectivity index (χ4v) is 11.9. The zero-order chi connectivity index (χ0) is 65.4. The number of esters is 4. The summed E-state index contributed by atoms with van der Waals surface area (Å²) in [7, 11) is -9.90. The molecular weight excluding hydrogens is 1160 g/mol. The molecule has 0 aromatic heterocycles. The number of rotatable bonds is 66. The number of aliphatic hydroxyl groups excluding tert-OH is 1. The smallest absolute Gasteiger partial charge is 0.462 e. The van der Waals surface area contributed by atoms with Gasteiger partial charge in [0.1, 0.15) is 19.3 Å². The van der Waals surface area contributed by atoms with Crippen LogP contribution in [0.4, 0.5) is 0 Å². The molecule has 3 N–H and O–H groups in total. The molecule has 0 saturated carbocycles. The summed E-state index contributed by atoms with van der Waals surface area (Å²) in [5, 5.41) is 10.6. The molecular formula is C69H134O17P2. The Kier molecular flexibility index (Phi) is 57.6. The molecule has 0 aliphatic carbocycles. The molecule has 6 atom stereocenters. The number of aliphatic hydroxyl groups is 1. The first-order chi connectivity index (χ1) is 42.1. The van der Waals surface area contributed by atoms with Crippen molar-refractivity contribution in [3.8, 4) is 0 Å². The van der Waals surface area contributed by atoms with Gasteiger partial charge in [0.25, 0.3) is 0 Å². The van der Waals surface area contributed by atoms with Gasteiger partial charge in [-0.2, -0.15) is 0 Å². The summed E-state index contributed by atoms with van der Waals surface area (Å²) in [6.45, 7) is 14.0. The molecule has 3 unspecified atom stereocenters. The zero-order valence-electron chi connectivity index (χ0n) is 57.3. The van der Waals surface area contributed by atoms with Gasteiger partial charge in [0.2, 0.25) is 0 Å². The van der Waals surface area contributed by atoms with Crippen LogP contribution in [-0.4, -0.2) is 96.7 Å². The summed E-state index contributed by atoms with van der Waals surface area (Å²) in [6, 6.07) is 0. The topological polar surface area (TPSA) is 237 Å². The van der Waals surface area contributed by atoms with E-state index in [4.69, 9.17) is 37.0 Å². The Morgan fingerprint density at radius 1 is 0.318 bits per heavy atom. The molecule has 0 fully saturated rings. The lowest BCUT2D eigenvalue weighted by Crippen LogP contribution is -2.30. The third-order valence-electron chi connectivity index (χ3n) is 16.2. The van der Waals surface area contributed by atoms with E-state index < -0.39 is 97.5 Å². The average molecular weight is 1300 g/mol. The summed E-state index contributed by atoms with van der Waals surface area (Å²) in [6.07, 6.45) is 40.4. The number of ether oxygens (including phenoxy) is 4. The molecule has 0 aromatic carbocycles. The lowest BCUT2D eigenvalue weighted by Gasteiger charge is -2.21. The fraction of sp³-hybridized carbons (Fsp3) is 0.942. The van der Waals surface area contributed by atoms with Crippen LogP contribution in [0, 0.1) is 23.7 Å². The Morgan fingerprint density at radius 2 is 0.545 bits per heavy atom. The van der Waals surface area contributed by atoms with Gasteiger partial charge in [-0.25, -0.2) is 9.13 Å². The summed E-state index contributed by atoms with van der Waals surface area (Å²) >= 11 is 0. The number of unbranched alkanes of at least 4 members (excludes halogenated alkanes) is 31. The molecule has 0 saturated heterocycles. The van der Waals surface area contributed by atoms with E-state index in [-0.39, 0.29) is 25.7 Å². The van der Waals surface area contributed by atoms with Gasteiger partial charge in [-0.05, 0) is 49.4 Å².